The van der Waals surface area contributed by atoms with Crippen LogP contribution in [-0.2, 0) is 0 Å². The van der Waals surface area contributed by atoms with Crippen molar-refractivity contribution in [1.82, 2.24) is 0 Å². The molecule has 2 N–H and O–H groups in total. The lowest BCUT2D eigenvalue weighted by Crippen LogP contribution is -2.48. The molecular weight excluding hydrogens is 320 g/mol. The van der Waals surface area contributed by atoms with Gasteiger partial charge < -0.3 is 10.2 Å². The maximum Gasteiger partial charge on any atom is 0.0724 e. The van der Waals surface area contributed by atoms with Crippen molar-refractivity contribution in [2.45, 2.75) is 78.2 Å². The van der Waals surface area contributed by atoms with Crippen molar-refractivity contribution in [2.75, 3.05) is 6.61 Å². The van der Waals surface area contributed by atoms with Gasteiger partial charge in [-0.3, -0.25) is 0 Å². The lowest BCUT2D eigenvalue weighted by molar-refractivity contribution is 0.0178. The van der Waals surface area contributed by atoms with Crippen LogP contribution in [0, 0.1) is 40.4 Å². The first-order valence-corrected chi connectivity index (χ1v) is 11.1. The van der Waals surface area contributed by atoms with E-state index in [1.165, 1.54) is 32.1 Å². The lowest BCUT2D eigenvalue weighted by atomic mass is 9.49. The van der Waals surface area contributed by atoms with Crippen molar-refractivity contribution in [2.24, 2.45) is 40.4 Å². The standard InChI is InChI=1S/C24H38O2/c1-16(5-4-14-25)20-8-9-21-19-7-6-17-15-18(26)10-12-23(17,2)22(19)11-13-24(20,21)3/h7,10,12,16-18,20-22,25-26H,4-6,8-9,11,13-15H2,1-3H3/t16-,17-,18-,20-,21+,22+,23+,24-/m1/s1. The van der Waals surface area contributed by atoms with Crippen LogP contribution < -0.4 is 0 Å². The summed E-state index contributed by atoms with van der Waals surface area (Å²) in [5, 5.41) is 19.3. The smallest absolute Gasteiger partial charge is 0.0724 e. The second kappa shape index (κ2) is 6.78. The molecular formula is C24H38O2. The molecule has 4 rings (SSSR count). The molecule has 2 fully saturated rings. The van der Waals surface area contributed by atoms with E-state index < -0.39 is 0 Å². The summed E-state index contributed by atoms with van der Waals surface area (Å²) in [6.07, 6.45) is 16.4. The summed E-state index contributed by atoms with van der Waals surface area (Å²) >= 11 is 0. The number of allylic oxidation sites excluding steroid dienone is 3. The average Bonchev–Trinajstić information content (AvgIpc) is 2.97. The topological polar surface area (TPSA) is 40.5 Å². The summed E-state index contributed by atoms with van der Waals surface area (Å²) in [6, 6.07) is 0. The van der Waals surface area contributed by atoms with Crippen LogP contribution in [0.3, 0.4) is 0 Å². The third-order valence-electron chi connectivity index (χ3n) is 9.16. The Labute approximate surface area is 159 Å². The van der Waals surface area contributed by atoms with Gasteiger partial charge in [-0.25, -0.2) is 0 Å². The van der Waals surface area contributed by atoms with Gasteiger partial charge in [-0.1, -0.05) is 44.6 Å². The van der Waals surface area contributed by atoms with Crippen LogP contribution in [0.25, 0.3) is 0 Å². The SMILES string of the molecule is C[C@H](CCCO)[C@H]1CC[C@H]2C3=CC[C@@H]4C[C@H](O)C=C[C@]4(C)[C@H]3CC[C@]12C. The van der Waals surface area contributed by atoms with Gasteiger partial charge >= 0.3 is 0 Å². The third-order valence-corrected chi connectivity index (χ3v) is 9.16. The molecule has 0 aliphatic heterocycles. The van der Waals surface area contributed by atoms with Gasteiger partial charge in [-0.15, -0.1) is 0 Å². The second-order valence-electron chi connectivity index (χ2n) is 10.3. The molecule has 0 saturated heterocycles. The van der Waals surface area contributed by atoms with Gasteiger partial charge in [-0.2, -0.15) is 0 Å². The van der Waals surface area contributed by atoms with E-state index >= 15 is 0 Å². The molecule has 0 amide bonds. The summed E-state index contributed by atoms with van der Waals surface area (Å²) < 4.78 is 0. The lowest BCUT2D eigenvalue weighted by Gasteiger charge is -2.56. The Morgan fingerprint density at radius 1 is 1.19 bits per heavy atom. The van der Waals surface area contributed by atoms with Gasteiger partial charge in [0.25, 0.3) is 0 Å². The fourth-order valence-corrected chi connectivity index (χ4v) is 7.65. The molecule has 146 valence electrons. The number of aliphatic hydroxyl groups is 2. The minimum Gasteiger partial charge on any atom is -0.396 e. The van der Waals surface area contributed by atoms with Crippen LogP contribution in [0.4, 0.5) is 0 Å². The highest BCUT2D eigenvalue weighted by atomic mass is 16.3. The monoisotopic (exact) mass is 358 g/mol. The first-order valence-electron chi connectivity index (χ1n) is 11.1. The molecule has 0 heterocycles. The molecule has 0 aromatic heterocycles. The Morgan fingerprint density at radius 2 is 2.00 bits per heavy atom. The highest BCUT2D eigenvalue weighted by Crippen LogP contribution is 2.66. The van der Waals surface area contributed by atoms with E-state index in [1.54, 1.807) is 5.57 Å². The zero-order valence-corrected chi connectivity index (χ0v) is 17.0. The predicted octanol–water partition coefficient (Wildman–Crippen LogP) is 5.11. The van der Waals surface area contributed by atoms with Crippen molar-refractivity contribution in [3.05, 3.63) is 23.8 Å². The van der Waals surface area contributed by atoms with Crippen molar-refractivity contribution in [1.29, 1.82) is 0 Å². The minimum absolute atomic E-state index is 0.236. The third kappa shape index (κ3) is 2.75. The van der Waals surface area contributed by atoms with Crippen LogP contribution in [-0.4, -0.2) is 22.9 Å². The summed E-state index contributed by atoms with van der Waals surface area (Å²) in [5.41, 5.74) is 2.49. The quantitative estimate of drug-likeness (QED) is 0.686. The molecule has 0 unspecified atom stereocenters. The second-order valence-corrected chi connectivity index (χ2v) is 10.3. The highest BCUT2D eigenvalue weighted by Gasteiger charge is 2.57. The van der Waals surface area contributed by atoms with Crippen molar-refractivity contribution in [3.63, 3.8) is 0 Å². The average molecular weight is 359 g/mol. The molecule has 4 aliphatic carbocycles. The number of fused-ring (bicyclic) bond motifs is 5. The number of rotatable bonds is 4. The zero-order valence-electron chi connectivity index (χ0n) is 17.0. The fraction of sp³-hybridized carbons (Fsp3) is 0.833. The Kier molecular flexibility index (Phi) is 4.89. The molecule has 0 bridgehead atoms. The van der Waals surface area contributed by atoms with E-state index in [0.717, 1.165) is 37.0 Å². The van der Waals surface area contributed by atoms with Crippen molar-refractivity contribution >= 4 is 0 Å². The first-order chi connectivity index (χ1) is 12.4. The van der Waals surface area contributed by atoms with E-state index in [9.17, 15) is 10.2 Å². The molecule has 4 aliphatic rings. The summed E-state index contributed by atoms with van der Waals surface area (Å²) in [7, 11) is 0. The van der Waals surface area contributed by atoms with Gasteiger partial charge in [-0.05, 0) is 91.8 Å². The number of hydrogen-bond donors (Lipinski definition) is 2. The van der Waals surface area contributed by atoms with Crippen LogP contribution in [0.5, 0.6) is 0 Å². The Morgan fingerprint density at radius 3 is 2.77 bits per heavy atom. The van der Waals surface area contributed by atoms with Gasteiger partial charge in [0, 0.05) is 6.61 Å². The molecule has 0 aromatic rings. The summed E-state index contributed by atoms with van der Waals surface area (Å²) in [5.74, 6) is 3.61. The zero-order chi connectivity index (χ0) is 18.5. The molecule has 0 aromatic carbocycles. The minimum atomic E-state index is -0.236. The van der Waals surface area contributed by atoms with E-state index in [1.807, 2.05) is 0 Å². The Hall–Kier alpha value is -0.600. The number of hydrogen-bond acceptors (Lipinski definition) is 2. The van der Waals surface area contributed by atoms with Crippen LogP contribution in [0.2, 0.25) is 0 Å². The normalized spacial score (nSPS) is 48.3. The molecule has 2 heteroatoms. The van der Waals surface area contributed by atoms with Crippen LogP contribution >= 0.6 is 0 Å². The Balaban J connectivity index is 1.59. The number of aliphatic hydroxyl groups excluding tert-OH is 2. The van der Waals surface area contributed by atoms with Crippen LogP contribution in [0.15, 0.2) is 23.8 Å². The molecule has 8 atom stereocenters. The van der Waals surface area contributed by atoms with Gasteiger partial charge in [0.2, 0.25) is 0 Å². The molecule has 2 nitrogen and oxygen atoms in total. The largest absolute Gasteiger partial charge is 0.396 e. The van der Waals surface area contributed by atoms with Gasteiger partial charge in [0.1, 0.15) is 0 Å². The van der Waals surface area contributed by atoms with Crippen molar-refractivity contribution < 1.29 is 10.2 Å². The van der Waals surface area contributed by atoms with E-state index in [0.29, 0.717) is 23.9 Å². The Bertz CT molecular complexity index is 593. The first kappa shape index (κ1) is 18.7. The van der Waals surface area contributed by atoms with E-state index in [2.05, 4.69) is 39.0 Å². The fourth-order valence-electron chi connectivity index (χ4n) is 7.65. The van der Waals surface area contributed by atoms with E-state index in [-0.39, 0.29) is 11.5 Å². The maximum atomic E-state index is 10.1. The highest BCUT2D eigenvalue weighted by molar-refractivity contribution is 5.31. The van der Waals surface area contributed by atoms with Crippen LogP contribution in [0.1, 0.15) is 72.1 Å². The van der Waals surface area contributed by atoms with Gasteiger partial charge in [0.15, 0.2) is 0 Å². The van der Waals surface area contributed by atoms with Gasteiger partial charge in [0.05, 0.1) is 6.10 Å². The summed E-state index contributed by atoms with van der Waals surface area (Å²) in [4.78, 5) is 0. The molecule has 0 radical (unpaired) electrons. The maximum absolute atomic E-state index is 10.1. The molecule has 26 heavy (non-hydrogen) atoms. The molecule has 0 spiro atoms. The molecule has 2 saturated carbocycles. The predicted molar refractivity (Wildman–Crippen MR) is 107 cm³/mol. The van der Waals surface area contributed by atoms with E-state index in [4.69, 9.17) is 0 Å². The van der Waals surface area contributed by atoms with Crippen molar-refractivity contribution in [3.8, 4) is 0 Å². The summed E-state index contributed by atoms with van der Waals surface area (Å²) in [6.45, 7) is 7.81.